The van der Waals surface area contributed by atoms with Gasteiger partial charge in [0.1, 0.15) is 11.6 Å². The number of Topliss-reactive ketones (excluding diaryl/α,β-unsaturated/α-hetero) is 2. The summed E-state index contributed by atoms with van der Waals surface area (Å²) < 4.78 is 22.0. The molecule has 0 bridgehead atoms. The molecule has 0 aromatic heterocycles. The fraction of sp³-hybridized carbons (Fsp3) is 0.923. The van der Waals surface area contributed by atoms with Crippen LogP contribution in [0, 0.1) is 55.7 Å². The third-order valence-corrected chi connectivity index (χ3v) is 10.0. The topological polar surface area (TPSA) is 175 Å². The maximum Gasteiger partial charge on any atom is 0.318 e. The van der Waals surface area contributed by atoms with Crippen LogP contribution in [0.1, 0.15) is 282 Å². The van der Waals surface area contributed by atoms with Gasteiger partial charge in [0.2, 0.25) is 5.91 Å². The van der Waals surface area contributed by atoms with Gasteiger partial charge in [0, 0.05) is 30.1 Å². The zero-order chi connectivity index (χ0) is 63.7. The van der Waals surface area contributed by atoms with Crippen LogP contribution in [0.3, 0.4) is 0 Å². The van der Waals surface area contributed by atoms with E-state index in [1.807, 2.05) is 96.9 Å². The lowest BCUT2D eigenvalue weighted by Crippen LogP contribution is -2.49. The number of amides is 1. The van der Waals surface area contributed by atoms with Crippen LogP contribution in [0.15, 0.2) is 0 Å². The number of ketones is 2. The van der Waals surface area contributed by atoms with Gasteiger partial charge in [0.05, 0.1) is 65.7 Å². The quantitative estimate of drug-likeness (QED) is 0.112. The third kappa shape index (κ3) is 62.8. The summed E-state index contributed by atoms with van der Waals surface area (Å²) >= 11 is 0. The van der Waals surface area contributed by atoms with E-state index in [1.165, 1.54) is 6.92 Å². The van der Waals surface area contributed by atoms with E-state index in [9.17, 15) is 34.2 Å². The van der Waals surface area contributed by atoms with Crippen LogP contribution in [0.5, 0.6) is 0 Å². The summed E-state index contributed by atoms with van der Waals surface area (Å²) in [6.07, 6.45) is 2.58. The van der Waals surface area contributed by atoms with Crippen LogP contribution >= 0.6 is 0 Å². The Balaban J connectivity index is -0.000000199. The lowest BCUT2D eigenvalue weighted by molar-refractivity contribution is -0.167. The van der Waals surface area contributed by atoms with Gasteiger partial charge in [-0.3, -0.25) is 24.0 Å². The summed E-state index contributed by atoms with van der Waals surface area (Å²) in [5.74, 6) is 0.155. The number of esters is 2. The largest absolute Gasteiger partial charge is 0.393 e. The van der Waals surface area contributed by atoms with Gasteiger partial charge in [-0.25, -0.2) is 0 Å². The molecule has 0 spiro atoms. The Kier molecular flexibility index (Phi) is 39.7. The highest BCUT2D eigenvalue weighted by Crippen LogP contribution is 2.31. The molecule has 0 aliphatic heterocycles. The third-order valence-electron chi connectivity index (χ3n) is 10.0. The Bertz CT molecular complexity index is 1590. The minimum absolute atomic E-state index is 0.0827. The van der Waals surface area contributed by atoms with E-state index in [1.54, 1.807) is 34.6 Å². The molecule has 12 nitrogen and oxygen atoms in total. The smallest absolute Gasteiger partial charge is 0.318 e. The summed E-state index contributed by atoms with van der Waals surface area (Å²) in [6.45, 7) is 74.8. The van der Waals surface area contributed by atoms with E-state index >= 15 is 0 Å². The van der Waals surface area contributed by atoms with Gasteiger partial charge in [-0.05, 0) is 130 Å². The molecule has 2 unspecified atom stereocenters. The van der Waals surface area contributed by atoms with Gasteiger partial charge in [-0.1, -0.05) is 166 Å². The van der Waals surface area contributed by atoms with Crippen molar-refractivity contribution in [2.45, 2.75) is 323 Å². The second-order valence-corrected chi connectivity index (χ2v) is 32.9. The molecule has 0 rings (SSSR count). The van der Waals surface area contributed by atoms with Crippen LogP contribution in [0.25, 0.3) is 0 Å². The second kappa shape index (κ2) is 35.6. The Morgan fingerprint density at radius 2 is 0.831 bits per heavy atom. The van der Waals surface area contributed by atoms with Crippen molar-refractivity contribution in [1.82, 2.24) is 5.32 Å². The first-order valence-corrected chi connectivity index (χ1v) is 28.7. The average Bonchev–Trinajstić information content (AvgIpc) is 3.11. The lowest BCUT2D eigenvalue weighted by atomic mass is 9.76. The fourth-order valence-electron chi connectivity index (χ4n) is 6.66. The Labute approximate surface area is 478 Å². The number of carbonyl (C=O) groups excluding carboxylic acids is 5. The highest BCUT2D eigenvalue weighted by Gasteiger charge is 2.34. The molecular weight excluding hydrogens is 971 g/mol. The SMILES string of the molecule is CC(=O)N[C@@H](CC(C)(C)C)C(O)C(C)(C)C.CC(C)(C)C(=O)C(C)(C)C.CC(C)(C)CC(O)COC(C)(C)C.CC(C)(C)C[C@@H](COC(C)(C)C)OC(C)(C)C.CC(C)C(=O)OC(=O)C(C)(C)C.CC(C)CC(=O)C(C)C. The Hall–Kier alpha value is -2.25. The van der Waals surface area contributed by atoms with Crippen molar-refractivity contribution in [1.29, 1.82) is 0 Å². The molecule has 0 aliphatic carbocycles. The van der Waals surface area contributed by atoms with E-state index < -0.39 is 23.5 Å². The van der Waals surface area contributed by atoms with Gasteiger partial charge < -0.3 is 34.5 Å². The minimum Gasteiger partial charge on any atom is -0.393 e. The molecule has 464 valence electrons. The molecular formula is C65H133NO11. The average molecular weight is 1100 g/mol. The first-order valence-electron chi connectivity index (χ1n) is 28.7. The molecule has 12 heteroatoms. The van der Waals surface area contributed by atoms with E-state index in [4.69, 9.17) is 14.2 Å². The number of rotatable bonds is 14. The standard InChI is InChI=1S/C15H32O2.C13H27NO2.C11H24O2.C9H16O3.C9H18O.C8H16O/c1-13(2,3)10-12(17-15(7,8)9)11-16-14(4,5)6;1-9(15)14-10(8-12(2,3)4)11(16)13(5,6)7;1-10(2,3)7-9(12)8-13-11(4,5)6;1-6(2)7(10)12-8(11)9(3,4)5;1-8(2,3)7(10)9(4,5)6;1-6(2)5-8(9)7(3)4/h12H,10-11H2,1-9H3;10-11,16H,8H2,1-7H3,(H,14,15);9,12H,7-8H2,1-6H3;6H,1-5H3;1-6H3;6-7H,5H2,1-4H3/t12-;10-,11?;;;;/m00..../s1. The number of hydrogen-bond acceptors (Lipinski definition) is 11. The van der Waals surface area contributed by atoms with Crippen LogP contribution in [-0.4, -0.2) is 94.0 Å². The maximum atomic E-state index is 11.5. The zero-order valence-electron chi connectivity index (χ0n) is 57.9. The molecule has 3 N–H and O–H groups in total. The van der Waals surface area contributed by atoms with E-state index in [-0.39, 0.29) is 85.3 Å². The summed E-state index contributed by atoms with van der Waals surface area (Å²) in [4.78, 5) is 55.7. The molecule has 0 aliphatic rings. The number of aliphatic hydroxyl groups excluding tert-OH is 2. The summed E-state index contributed by atoms with van der Waals surface area (Å²) in [5.41, 5.74) is -1.08. The van der Waals surface area contributed by atoms with Crippen molar-refractivity contribution >= 4 is 29.4 Å². The molecule has 0 saturated heterocycles. The van der Waals surface area contributed by atoms with Gasteiger partial charge in [-0.2, -0.15) is 0 Å². The molecule has 0 aromatic rings. The summed E-state index contributed by atoms with van der Waals surface area (Å²) in [7, 11) is 0. The van der Waals surface area contributed by atoms with Crippen LogP contribution in [0.2, 0.25) is 0 Å². The first-order chi connectivity index (χ1) is 33.3. The van der Waals surface area contributed by atoms with Gasteiger partial charge in [0.25, 0.3) is 0 Å². The molecule has 0 fully saturated rings. The molecule has 77 heavy (non-hydrogen) atoms. The van der Waals surface area contributed by atoms with Crippen molar-refractivity contribution in [3.63, 3.8) is 0 Å². The maximum absolute atomic E-state index is 11.5. The predicted molar refractivity (Wildman–Crippen MR) is 326 cm³/mol. The number of nitrogens with one attached hydrogen (secondary N) is 1. The van der Waals surface area contributed by atoms with Crippen molar-refractivity contribution in [3.05, 3.63) is 0 Å². The van der Waals surface area contributed by atoms with E-state index in [2.05, 4.69) is 128 Å². The molecule has 0 saturated carbocycles. The Morgan fingerprint density at radius 1 is 0.468 bits per heavy atom. The zero-order valence-corrected chi connectivity index (χ0v) is 57.9. The lowest BCUT2D eigenvalue weighted by Gasteiger charge is -2.36. The Morgan fingerprint density at radius 3 is 1.05 bits per heavy atom. The van der Waals surface area contributed by atoms with Crippen LogP contribution in [-0.2, 0) is 42.9 Å². The van der Waals surface area contributed by atoms with Crippen LogP contribution in [0.4, 0.5) is 0 Å². The van der Waals surface area contributed by atoms with Gasteiger partial charge in [-0.15, -0.1) is 0 Å². The first kappa shape index (κ1) is 86.0. The number of carbonyl (C=O) groups is 5. The molecule has 0 radical (unpaired) electrons. The molecule has 4 atom stereocenters. The van der Waals surface area contributed by atoms with E-state index in [0.717, 1.165) is 25.7 Å². The summed E-state index contributed by atoms with van der Waals surface area (Å²) in [6, 6.07) is -0.183. The number of hydrogen-bond donors (Lipinski definition) is 3. The summed E-state index contributed by atoms with van der Waals surface area (Å²) in [5, 5.41) is 22.7. The molecule has 1 amide bonds. The monoisotopic (exact) mass is 1100 g/mol. The number of aliphatic hydroxyl groups is 2. The molecule has 0 heterocycles. The van der Waals surface area contributed by atoms with Gasteiger partial charge >= 0.3 is 11.9 Å². The minimum atomic E-state index is -0.607. The van der Waals surface area contributed by atoms with Crippen molar-refractivity contribution in [2.24, 2.45) is 55.7 Å². The fourth-order valence-corrected chi connectivity index (χ4v) is 6.66. The normalized spacial score (nSPS) is 14.5. The second-order valence-electron chi connectivity index (χ2n) is 32.9. The highest BCUT2D eigenvalue weighted by molar-refractivity contribution is 5.89. The van der Waals surface area contributed by atoms with Crippen LogP contribution < -0.4 is 5.32 Å². The predicted octanol–water partition coefficient (Wildman–Crippen LogP) is 16.0. The van der Waals surface area contributed by atoms with Crippen molar-refractivity contribution < 1.29 is 53.1 Å². The molecule has 0 aromatic carbocycles. The van der Waals surface area contributed by atoms with E-state index in [0.29, 0.717) is 30.7 Å². The van der Waals surface area contributed by atoms with Gasteiger partial charge in [0.15, 0.2) is 0 Å². The van der Waals surface area contributed by atoms with Crippen molar-refractivity contribution in [2.75, 3.05) is 13.2 Å². The number of ether oxygens (including phenoxy) is 4. The van der Waals surface area contributed by atoms with Crippen molar-refractivity contribution in [3.8, 4) is 0 Å². The highest BCUT2D eigenvalue weighted by atomic mass is 16.6.